The van der Waals surface area contributed by atoms with Crippen LogP contribution in [-0.4, -0.2) is 0 Å². The molecule has 0 saturated carbocycles. The van der Waals surface area contributed by atoms with Crippen LogP contribution >= 0.6 is 0 Å². The Bertz CT molecular complexity index is 3220. The lowest BCUT2D eigenvalue weighted by molar-refractivity contribution is 1.28. The first-order valence-electron chi connectivity index (χ1n) is 20.3. The summed E-state index contributed by atoms with van der Waals surface area (Å²) in [6, 6.07) is 86.1. The minimum Gasteiger partial charge on any atom is -0.310 e. The summed E-state index contributed by atoms with van der Waals surface area (Å²) < 4.78 is 0. The van der Waals surface area contributed by atoms with Gasteiger partial charge in [-0.2, -0.15) is 0 Å². The fourth-order valence-corrected chi connectivity index (χ4v) is 8.98. The number of benzene rings is 11. The topological polar surface area (TPSA) is 3.24 Å². The van der Waals surface area contributed by atoms with Gasteiger partial charge in [-0.1, -0.05) is 200 Å². The van der Waals surface area contributed by atoms with Gasteiger partial charge in [0.25, 0.3) is 0 Å². The smallest absolute Gasteiger partial charge is 0.0540 e. The number of nitrogens with zero attached hydrogens (tertiary/aromatic N) is 1. The highest BCUT2D eigenvalue weighted by Gasteiger charge is 2.19. The van der Waals surface area contributed by atoms with Gasteiger partial charge in [0.15, 0.2) is 0 Å². The zero-order chi connectivity index (χ0) is 39.1. The predicted molar refractivity (Wildman–Crippen MR) is 252 cm³/mol. The van der Waals surface area contributed by atoms with E-state index in [1.54, 1.807) is 0 Å². The number of anilines is 3. The first-order chi connectivity index (χ1) is 29.3. The molecule has 0 amide bonds. The first kappa shape index (κ1) is 34.5. The van der Waals surface area contributed by atoms with Crippen molar-refractivity contribution in [3.05, 3.63) is 237 Å². The molecular weight excluding hydrogens is 711 g/mol. The van der Waals surface area contributed by atoms with E-state index in [9.17, 15) is 0 Å². The van der Waals surface area contributed by atoms with E-state index in [4.69, 9.17) is 0 Å². The molecule has 0 radical (unpaired) electrons. The minimum atomic E-state index is 1.10. The Hall–Kier alpha value is -7.74. The molecule has 0 aliphatic carbocycles. The molecule has 59 heavy (non-hydrogen) atoms. The van der Waals surface area contributed by atoms with Crippen LogP contribution in [0.5, 0.6) is 0 Å². The Morgan fingerprint density at radius 3 is 1.24 bits per heavy atom. The fourth-order valence-electron chi connectivity index (χ4n) is 8.98. The second-order valence-electron chi connectivity index (χ2n) is 15.3. The van der Waals surface area contributed by atoms with Crippen molar-refractivity contribution >= 4 is 49.4 Å². The van der Waals surface area contributed by atoms with E-state index >= 15 is 0 Å². The molecule has 0 unspecified atom stereocenters. The van der Waals surface area contributed by atoms with Crippen LogP contribution in [0.3, 0.4) is 0 Å². The molecule has 0 bridgehead atoms. The van der Waals surface area contributed by atoms with Crippen molar-refractivity contribution in [2.24, 2.45) is 0 Å². The van der Waals surface area contributed by atoms with E-state index in [0.29, 0.717) is 0 Å². The molecule has 276 valence electrons. The molecule has 0 aliphatic rings. The molecule has 1 heteroatoms. The predicted octanol–water partition coefficient (Wildman–Crippen LogP) is 16.4. The molecule has 0 aromatic heterocycles. The normalized spacial score (nSPS) is 11.4. The molecule has 0 N–H and O–H groups in total. The number of hydrogen-bond acceptors (Lipinski definition) is 1. The molecule has 11 aromatic rings. The lowest BCUT2D eigenvalue weighted by Crippen LogP contribution is -2.11. The summed E-state index contributed by atoms with van der Waals surface area (Å²) in [6.45, 7) is 0. The van der Waals surface area contributed by atoms with Crippen LogP contribution in [0.4, 0.5) is 17.1 Å². The first-order valence-corrected chi connectivity index (χ1v) is 20.3. The van der Waals surface area contributed by atoms with Crippen molar-refractivity contribution < 1.29 is 0 Å². The van der Waals surface area contributed by atoms with Crippen LogP contribution in [0.25, 0.3) is 88.0 Å². The van der Waals surface area contributed by atoms with Crippen molar-refractivity contribution in [3.8, 4) is 55.6 Å². The standard InChI is InChI=1S/C58H39N/c1-4-13-40(14-5-1)42-23-31-49(32-24-42)59(56-22-11-10-21-53(56)43-17-8-3-9-18-43)50-33-25-44(26-34-50)51-35-27-45-30-38-55-52(36-28-46-29-37-54(51)57(45)58(46)55)48-20-12-19-47(39-48)41-15-6-2-7-16-41/h1-39H. The Morgan fingerprint density at radius 1 is 0.237 bits per heavy atom. The molecule has 0 fully saturated rings. The zero-order valence-corrected chi connectivity index (χ0v) is 32.5. The van der Waals surface area contributed by atoms with Gasteiger partial charge in [0.2, 0.25) is 0 Å². The van der Waals surface area contributed by atoms with Gasteiger partial charge in [0, 0.05) is 16.9 Å². The van der Waals surface area contributed by atoms with E-state index in [-0.39, 0.29) is 0 Å². The SMILES string of the molecule is c1ccc(-c2ccc(N(c3ccc(-c4ccc5ccc6c(-c7cccc(-c8ccccc8)c7)ccc7ccc4c5c76)cc3)c3ccccc3-c3ccccc3)cc2)cc1. The zero-order valence-electron chi connectivity index (χ0n) is 32.5. The van der Waals surface area contributed by atoms with E-state index in [1.807, 2.05) is 0 Å². The Balaban J connectivity index is 1.02. The van der Waals surface area contributed by atoms with Crippen molar-refractivity contribution in [3.63, 3.8) is 0 Å². The summed E-state index contributed by atoms with van der Waals surface area (Å²) in [6.07, 6.45) is 0. The highest BCUT2D eigenvalue weighted by molar-refractivity contribution is 6.27. The molecule has 1 nitrogen and oxygen atoms in total. The largest absolute Gasteiger partial charge is 0.310 e. The fraction of sp³-hybridized carbons (Fsp3) is 0. The molecular formula is C58H39N. The monoisotopic (exact) mass is 749 g/mol. The maximum absolute atomic E-state index is 2.39. The van der Waals surface area contributed by atoms with Crippen LogP contribution in [0.15, 0.2) is 237 Å². The second kappa shape index (κ2) is 14.6. The van der Waals surface area contributed by atoms with Crippen LogP contribution in [0.2, 0.25) is 0 Å². The van der Waals surface area contributed by atoms with Gasteiger partial charge < -0.3 is 4.90 Å². The molecule has 0 saturated heterocycles. The third-order valence-corrected chi connectivity index (χ3v) is 11.8. The second-order valence-corrected chi connectivity index (χ2v) is 15.3. The molecule has 11 rings (SSSR count). The van der Waals surface area contributed by atoms with Gasteiger partial charge >= 0.3 is 0 Å². The maximum Gasteiger partial charge on any atom is 0.0540 e. The number of hydrogen-bond donors (Lipinski definition) is 0. The van der Waals surface area contributed by atoms with E-state index in [0.717, 1.165) is 17.1 Å². The molecule has 11 aromatic carbocycles. The van der Waals surface area contributed by atoms with Gasteiger partial charge in [-0.05, 0) is 119 Å². The maximum atomic E-state index is 2.39. The number of para-hydroxylation sites is 1. The molecule has 0 heterocycles. The lowest BCUT2D eigenvalue weighted by atomic mass is 9.87. The van der Waals surface area contributed by atoms with Crippen LogP contribution in [-0.2, 0) is 0 Å². The average Bonchev–Trinajstić information content (AvgIpc) is 3.32. The van der Waals surface area contributed by atoms with Gasteiger partial charge in [-0.25, -0.2) is 0 Å². The van der Waals surface area contributed by atoms with Gasteiger partial charge in [-0.3, -0.25) is 0 Å². The molecule has 0 atom stereocenters. The van der Waals surface area contributed by atoms with Crippen LogP contribution < -0.4 is 4.90 Å². The summed E-state index contributed by atoms with van der Waals surface area (Å²) in [5, 5.41) is 7.72. The minimum absolute atomic E-state index is 1.10. The Labute approximate surface area is 345 Å². The summed E-state index contributed by atoms with van der Waals surface area (Å²) in [5.41, 5.74) is 15.5. The number of rotatable bonds is 8. The average molecular weight is 750 g/mol. The van der Waals surface area contributed by atoms with E-state index < -0.39 is 0 Å². The summed E-state index contributed by atoms with van der Waals surface area (Å²) in [7, 11) is 0. The van der Waals surface area contributed by atoms with E-state index in [2.05, 4.69) is 241 Å². The van der Waals surface area contributed by atoms with Crippen LogP contribution in [0.1, 0.15) is 0 Å². The highest BCUT2D eigenvalue weighted by atomic mass is 15.1. The molecule has 0 aliphatic heterocycles. The third kappa shape index (κ3) is 6.21. The Kier molecular flexibility index (Phi) is 8.56. The third-order valence-electron chi connectivity index (χ3n) is 11.8. The van der Waals surface area contributed by atoms with Crippen molar-refractivity contribution in [1.82, 2.24) is 0 Å². The quantitative estimate of drug-likeness (QED) is 0.140. The van der Waals surface area contributed by atoms with Crippen molar-refractivity contribution in [2.45, 2.75) is 0 Å². The highest BCUT2D eigenvalue weighted by Crippen LogP contribution is 2.45. The van der Waals surface area contributed by atoms with Crippen molar-refractivity contribution in [1.29, 1.82) is 0 Å². The van der Waals surface area contributed by atoms with Gasteiger partial charge in [-0.15, -0.1) is 0 Å². The lowest BCUT2D eigenvalue weighted by Gasteiger charge is -2.28. The Morgan fingerprint density at radius 2 is 0.644 bits per heavy atom. The van der Waals surface area contributed by atoms with Crippen LogP contribution in [0, 0.1) is 0 Å². The summed E-state index contributed by atoms with van der Waals surface area (Å²) in [4.78, 5) is 2.39. The summed E-state index contributed by atoms with van der Waals surface area (Å²) in [5.74, 6) is 0. The summed E-state index contributed by atoms with van der Waals surface area (Å²) >= 11 is 0. The van der Waals surface area contributed by atoms with Crippen molar-refractivity contribution in [2.75, 3.05) is 4.90 Å². The van der Waals surface area contributed by atoms with Gasteiger partial charge in [0.05, 0.1) is 5.69 Å². The molecule has 0 spiro atoms. The van der Waals surface area contributed by atoms with E-state index in [1.165, 1.54) is 88.0 Å². The van der Waals surface area contributed by atoms with Gasteiger partial charge in [0.1, 0.15) is 0 Å².